The predicted molar refractivity (Wildman–Crippen MR) is 82.3 cm³/mol. The quantitative estimate of drug-likeness (QED) is 0.462. The van der Waals surface area contributed by atoms with Crippen LogP contribution in [-0.4, -0.2) is 14.8 Å². The molecular weight excluding hydrogens is 291 g/mol. The van der Waals surface area contributed by atoms with Gasteiger partial charge in [-0.3, -0.25) is 0 Å². The zero-order valence-corrected chi connectivity index (χ0v) is 13.7. The summed E-state index contributed by atoms with van der Waals surface area (Å²) in [6.07, 6.45) is 4.49. The van der Waals surface area contributed by atoms with Crippen LogP contribution in [0.5, 0.6) is 0 Å². The molecule has 0 unspecified atom stereocenters. The molecular formula is C16H25FO3S. The van der Waals surface area contributed by atoms with Crippen molar-refractivity contribution in [1.82, 2.24) is 0 Å². The lowest BCUT2D eigenvalue weighted by atomic mass is 10.1. The van der Waals surface area contributed by atoms with Crippen molar-refractivity contribution in [2.24, 2.45) is 0 Å². The highest BCUT2D eigenvalue weighted by atomic mass is 32.2. The van der Waals surface area contributed by atoms with Crippen molar-refractivity contribution in [3.63, 3.8) is 0 Å². The van der Waals surface area contributed by atoms with Gasteiger partial charge in [0.05, 0.1) is 4.90 Å². The number of alkyl halides is 1. The van der Waals surface area contributed by atoms with Crippen LogP contribution >= 0.6 is 0 Å². The number of hydrogen-bond acceptors (Lipinski definition) is 3. The summed E-state index contributed by atoms with van der Waals surface area (Å²) in [7, 11) is -4.00. The van der Waals surface area contributed by atoms with Crippen molar-refractivity contribution in [2.45, 2.75) is 70.0 Å². The molecule has 1 atom stereocenters. The summed E-state index contributed by atoms with van der Waals surface area (Å²) < 4.78 is 42.0. The Labute approximate surface area is 127 Å². The van der Waals surface area contributed by atoms with E-state index < -0.39 is 16.5 Å². The molecule has 0 amide bonds. The van der Waals surface area contributed by atoms with Gasteiger partial charge in [0, 0.05) is 6.42 Å². The second-order valence-corrected chi connectivity index (χ2v) is 6.90. The van der Waals surface area contributed by atoms with Gasteiger partial charge in [-0.15, -0.1) is 0 Å². The minimum Gasteiger partial charge on any atom is -0.229 e. The van der Waals surface area contributed by atoms with E-state index in [0.29, 0.717) is 6.42 Å². The third-order valence-corrected chi connectivity index (χ3v) is 4.64. The molecule has 3 nitrogen and oxygen atoms in total. The molecule has 1 aromatic carbocycles. The molecule has 21 heavy (non-hydrogen) atoms. The van der Waals surface area contributed by atoms with Crippen molar-refractivity contribution in [3.05, 3.63) is 29.8 Å². The molecule has 0 bridgehead atoms. The highest BCUT2D eigenvalue weighted by Gasteiger charge is 2.20. The van der Waals surface area contributed by atoms with Gasteiger partial charge in [-0.1, -0.05) is 56.7 Å². The molecule has 120 valence electrons. The van der Waals surface area contributed by atoms with E-state index in [0.717, 1.165) is 24.8 Å². The van der Waals surface area contributed by atoms with Crippen LogP contribution in [0.25, 0.3) is 0 Å². The first-order valence-electron chi connectivity index (χ1n) is 7.59. The van der Waals surface area contributed by atoms with Gasteiger partial charge < -0.3 is 0 Å². The Bertz CT molecular complexity index is 497. The highest BCUT2D eigenvalue weighted by Crippen LogP contribution is 2.18. The maximum atomic E-state index is 13.6. The number of hydrogen-bond donors (Lipinski definition) is 0. The molecule has 0 aromatic heterocycles. The van der Waals surface area contributed by atoms with Gasteiger partial charge >= 0.3 is 0 Å². The van der Waals surface area contributed by atoms with E-state index >= 15 is 0 Å². The fraction of sp³-hybridized carbons (Fsp3) is 0.625. The second-order valence-electron chi connectivity index (χ2n) is 5.33. The van der Waals surface area contributed by atoms with E-state index in [9.17, 15) is 12.8 Å². The second kappa shape index (κ2) is 9.15. The van der Waals surface area contributed by atoms with E-state index in [1.807, 2.05) is 6.92 Å². The molecule has 5 heteroatoms. The first-order chi connectivity index (χ1) is 9.95. The third kappa shape index (κ3) is 7.05. The average molecular weight is 316 g/mol. The van der Waals surface area contributed by atoms with Gasteiger partial charge in [-0.2, -0.15) is 8.42 Å². The molecule has 0 radical (unpaired) electrons. The zero-order valence-electron chi connectivity index (χ0n) is 12.8. The van der Waals surface area contributed by atoms with Crippen LogP contribution in [0.3, 0.4) is 0 Å². The van der Waals surface area contributed by atoms with Gasteiger partial charge in [0.25, 0.3) is 10.1 Å². The van der Waals surface area contributed by atoms with E-state index in [4.69, 9.17) is 0 Å². The van der Waals surface area contributed by atoms with Crippen LogP contribution < -0.4 is 0 Å². The minimum absolute atomic E-state index is 0.00121. The first-order valence-corrected chi connectivity index (χ1v) is 9.00. The number of unbranched alkanes of at least 4 members (excludes halogenated alkanes) is 5. The van der Waals surface area contributed by atoms with Crippen molar-refractivity contribution < 1.29 is 17.0 Å². The summed E-state index contributed by atoms with van der Waals surface area (Å²) >= 11 is 0. The van der Waals surface area contributed by atoms with E-state index in [1.165, 1.54) is 25.0 Å². The van der Waals surface area contributed by atoms with Crippen LogP contribution in [-0.2, 0) is 14.3 Å². The summed E-state index contributed by atoms with van der Waals surface area (Å²) in [5.74, 6) is 0. The molecule has 0 fully saturated rings. The van der Waals surface area contributed by atoms with Crippen LogP contribution in [0.2, 0.25) is 0 Å². The molecule has 0 aliphatic heterocycles. The van der Waals surface area contributed by atoms with Gasteiger partial charge in [-0.25, -0.2) is 8.57 Å². The molecule has 1 rings (SSSR count). The van der Waals surface area contributed by atoms with Gasteiger partial charge in [0.2, 0.25) is 6.36 Å². The fourth-order valence-electron chi connectivity index (χ4n) is 2.03. The first kappa shape index (κ1) is 18.1. The molecule has 0 spiro atoms. The Kier molecular flexibility index (Phi) is 7.89. The number of aryl methyl sites for hydroxylation is 1. The van der Waals surface area contributed by atoms with Gasteiger partial charge in [-0.05, 0) is 25.5 Å². The number of halogens is 1. The van der Waals surface area contributed by atoms with Crippen LogP contribution in [0.15, 0.2) is 29.2 Å². The Morgan fingerprint density at radius 1 is 1.05 bits per heavy atom. The fourth-order valence-corrected chi connectivity index (χ4v) is 2.98. The molecule has 0 aliphatic rings. The summed E-state index contributed by atoms with van der Waals surface area (Å²) in [4.78, 5) is -0.00121. The topological polar surface area (TPSA) is 43.4 Å². The minimum atomic E-state index is -4.00. The summed E-state index contributed by atoms with van der Waals surface area (Å²) in [6, 6.07) is 6.19. The highest BCUT2D eigenvalue weighted by molar-refractivity contribution is 7.86. The van der Waals surface area contributed by atoms with Crippen molar-refractivity contribution in [2.75, 3.05) is 0 Å². The Balaban J connectivity index is 2.36. The molecule has 0 saturated heterocycles. The Morgan fingerprint density at radius 3 is 2.24 bits per heavy atom. The van der Waals surface area contributed by atoms with E-state index in [1.54, 1.807) is 12.1 Å². The normalized spacial score (nSPS) is 13.3. The lowest BCUT2D eigenvalue weighted by Gasteiger charge is -2.10. The smallest absolute Gasteiger partial charge is 0.229 e. The monoisotopic (exact) mass is 316 g/mol. The maximum Gasteiger partial charge on any atom is 0.299 e. The van der Waals surface area contributed by atoms with E-state index in [2.05, 4.69) is 11.1 Å². The SMILES string of the molecule is CCCCCCCC[C@H](F)OS(=O)(=O)c1ccc(C)cc1. The lowest BCUT2D eigenvalue weighted by molar-refractivity contribution is 0.0637. The van der Waals surface area contributed by atoms with Crippen molar-refractivity contribution in [1.29, 1.82) is 0 Å². The van der Waals surface area contributed by atoms with Crippen molar-refractivity contribution >= 4 is 10.1 Å². The summed E-state index contributed by atoms with van der Waals surface area (Å²) in [6.45, 7) is 4.00. The third-order valence-electron chi connectivity index (χ3n) is 3.33. The molecule has 0 aliphatic carbocycles. The van der Waals surface area contributed by atoms with Gasteiger partial charge in [0.1, 0.15) is 0 Å². The predicted octanol–water partition coefficient (Wildman–Crippen LogP) is 4.75. The number of benzene rings is 1. The summed E-state index contributed by atoms with van der Waals surface area (Å²) in [5, 5.41) is 0. The molecule has 0 heterocycles. The average Bonchev–Trinajstić information content (AvgIpc) is 2.42. The Hall–Kier alpha value is -0.940. The van der Waals surface area contributed by atoms with Gasteiger partial charge in [0.15, 0.2) is 0 Å². The maximum absolute atomic E-state index is 13.6. The molecule has 0 N–H and O–H groups in total. The van der Waals surface area contributed by atoms with E-state index in [-0.39, 0.29) is 11.3 Å². The lowest BCUT2D eigenvalue weighted by Crippen LogP contribution is -2.14. The standard InChI is InChI=1S/C16H25FO3S/c1-3-4-5-6-7-8-9-16(17)20-21(18,19)15-12-10-14(2)11-13-15/h10-13,16H,3-9H2,1-2H3/t16-/m1/s1. The molecule has 0 saturated carbocycles. The Morgan fingerprint density at radius 2 is 1.62 bits per heavy atom. The van der Waals surface area contributed by atoms with Crippen LogP contribution in [0.4, 0.5) is 4.39 Å². The zero-order chi connectivity index (χ0) is 15.7. The van der Waals surface area contributed by atoms with Crippen molar-refractivity contribution in [3.8, 4) is 0 Å². The van der Waals surface area contributed by atoms with Crippen LogP contribution in [0.1, 0.15) is 57.4 Å². The number of rotatable bonds is 10. The summed E-state index contributed by atoms with van der Waals surface area (Å²) in [5.41, 5.74) is 0.942. The largest absolute Gasteiger partial charge is 0.299 e. The molecule has 1 aromatic rings. The van der Waals surface area contributed by atoms with Crippen LogP contribution in [0, 0.1) is 6.92 Å².